The normalized spacial score (nSPS) is 13.0. The molecule has 104 valence electrons. The van der Waals surface area contributed by atoms with Gasteiger partial charge in [-0.25, -0.2) is 0 Å². The predicted octanol–water partition coefficient (Wildman–Crippen LogP) is 2.58. The fraction of sp³-hybridized carbons (Fsp3) is 0.846. The van der Waals surface area contributed by atoms with Crippen LogP contribution in [0.15, 0.2) is 4.52 Å². The lowest BCUT2D eigenvalue weighted by molar-refractivity contribution is -0.0583. The Hall–Kier alpha value is -0.940. The van der Waals surface area contributed by atoms with E-state index in [2.05, 4.69) is 29.3 Å². The van der Waals surface area contributed by atoms with E-state index < -0.39 is 5.60 Å². The van der Waals surface area contributed by atoms with Crippen LogP contribution in [0.1, 0.15) is 59.2 Å². The van der Waals surface area contributed by atoms with E-state index in [1.54, 1.807) is 0 Å². The molecule has 1 N–H and O–H groups in total. The maximum absolute atomic E-state index is 5.87. The molecule has 1 rings (SSSR count). The Bertz CT molecular complexity index is 370. The monoisotopic (exact) mass is 255 g/mol. The first-order valence-corrected chi connectivity index (χ1v) is 6.63. The second-order valence-electron chi connectivity index (χ2n) is 4.93. The van der Waals surface area contributed by atoms with Crippen LogP contribution in [0.4, 0.5) is 0 Å². The van der Waals surface area contributed by atoms with Gasteiger partial charge >= 0.3 is 0 Å². The van der Waals surface area contributed by atoms with Gasteiger partial charge in [0.15, 0.2) is 0 Å². The number of ether oxygens (including phenoxy) is 1. The van der Waals surface area contributed by atoms with Crippen molar-refractivity contribution in [3.63, 3.8) is 0 Å². The van der Waals surface area contributed by atoms with Crippen LogP contribution in [0.3, 0.4) is 0 Å². The van der Waals surface area contributed by atoms with E-state index in [4.69, 9.17) is 9.26 Å². The van der Waals surface area contributed by atoms with Gasteiger partial charge in [0.25, 0.3) is 0 Å². The smallest absolute Gasteiger partial charge is 0.246 e. The number of hydrogen-bond acceptors (Lipinski definition) is 5. The van der Waals surface area contributed by atoms with Crippen molar-refractivity contribution in [2.75, 3.05) is 13.7 Å². The number of rotatable bonds is 7. The van der Waals surface area contributed by atoms with Gasteiger partial charge in [0, 0.05) is 6.61 Å². The summed E-state index contributed by atoms with van der Waals surface area (Å²) in [6, 6.07) is 0. The molecular weight excluding hydrogens is 230 g/mol. The molecule has 0 fully saturated rings. The molecule has 0 aromatic carbocycles. The molecule has 0 aliphatic rings. The predicted molar refractivity (Wildman–Crippen MR) is 70.3 cm³/mol. The Balaban J connectivity index is 3.09. The standard InChI is InChI=1S/C13H25N3O2/c1-7-13(8-2,17-9-3)10-15-11(18-16-10)12(4,5)14-6/h14H,7-9H2,1-6H3. The third kappa shape index (κ3) is 2.72. The van der Waals surface area contributed by atoms with Crippen molar-refractivity contribution in [1.29, 1.82) is 0 Å². The van der Waals surface area contributed by atoms with Gasteiger partial charge in [0.05, 0.1) is 5.54 Å². The van der Waals surface area contributed by atoms with Crippen molar-refractivity contribution >= 4 is 0 Å². The Morgan fingerprint density at radius 1 is 1.22 bits per heavy atom. The first kappa shape index (κ1) is 15.1. The molecule has 18 heavy (non-hydrogen) atoms. The van der Waals surface area contributed by atoms with Crippen LogP contribution in [-0.4, -0.2) is 23.8 Å². The first-order valence-electron chi connectivity index (χ1n) is 6.63. The molecule has 5 heteroatoms. The van der Waals surface area contributed by atoms with E-state index in [9.17, 15) is 0 Å². The molecule has 1 aromatic heterocycles. The molecule has 0 aliphatic heterocycles. The summed E-state index contributed by atoms with van der Waals surface area (Å²) < 4.78 is 11.2. The minimum atomic E-state index is -0.430. The van der Waals surface area contributed by atoms with Gasteiger partial charge < -0.3 is 14.6 Å². The molecule has 1 heterocycles. The molecule has 1 aromatic rings. The number of aromatic nitrogens is 2. The van der Waals surface area contributed by atoms with E-state index in [0.29, 0.717) is 18.3 Å². The summed E-state index contributed by atoms with van der Waals surface area (Å²) in [5.41, 5.74) is -0.759. The average molecular weight is 255 g/mol. The summed E-state index contributed by atoms with van der Waals surface area (Å²) in [5.74, 6) is 1.23. The lowest BCUT2D eigenvalue weighted by Crippen LogP contribution is -2.34. The van der Waals surface area contributed by atoms with Crippen LogP contribution in [0.5, 0.6) is 0 Å². The van der Waals surface area contributed by atoms with Gasteiger partial charge in [-0.15, -0.1) is 0 Å². The number of nitrogens with one attached hydrogen (secondary N) is 1. The molecular formula is C13H25N3O2. The van der Waals surface area contributed by atoms with E-state index >= 15 is 0 Å². The quantitative estimate of drug-likeness (QED) is 0.811. The fourth-order valence-electron chi connectivity index (χ4n) is 1.88. The molecule has 5 nitrogen and oxygen atoms in total. The maximum Gasteiger partial charge on any atom is 0.246 e. The topological polar surface area (TPSA) is 60.2 Å². The summed E-state index contributed by atoms with van der Waals surface area (Å²) in [6.07, 6.45) is 1.66. The minimum absolute atomic E-state index is 0.329. The molecule has 0 radical (unpaired) electrons. The molecule has 0 aliphatic carbocycles. The maximum atomic E-state index is 5.87. The Kier molecular flexibility index (Phi) is 4.87. The third-order valence-corrected chi connectivity index (χ3v) is 3.56. The lowest BCUT2D eigenvalue weighted by Gasteiger charge is -2.27. The molecule has 0 saturated carbocycles. The Morgan fingerprint density at radius 3 is 2.28 bits per heavy atom. The van der Waals surface area contributed by atoms with Crippen LogP contribution < -0.4 is 5.32 Å². The van der Waals surface area contributed by atoms with Crippen molar-refractivity contribution in [2.45, 2.75) is 58.6 Å². The number of nitrogens with zero attached hydrogens (tertiary/aromatic N) is 2. The van der Waals surface area contributed by atoms with E-state index in [1.165, 1.54) is 0 Å². The van der Waals surface area contributed by atoms with Gasteiger partial charge in [-0.2, -0.15) is 4.98 Å². The van der Waals surface area contributed by atoms with Crippen LogP contribution >= 0.6 is 0 Å². The summed E-state index contributed by atoms with van der Waals surface area (Å²) in [7, 11) is 1.87. The number of hydrogen-bond donors (Lipinski definition) is 1. The SMILES string of the molecule is CCOC(CC)(CC)c1noc(C(C)(C)NC)n1. The van der Waals surface area contributed by atoms with Crippen LogP contribution in [0.2, 0.25) is 0 Å². The minimum Gasteiger partial charge on any atom is -0.367 e. The second-order valence-corrected chi connectivity index (χ2v) is 4.93. The molecule has 0 amide bonds. The van der Waals surface area contributed by atoms with Gasteiger partial charge in [0.2, 0.25) is 11.7 Å². The highest BCUT2D eigenvalue weighted by molar-refractivity contribution is 5.05. The molecule has 0 spiro atoms. The largest absolute Gasteiger partial charge is 0.367 e. The fourth-order valence-corrected chi connectivity index (χ4v) is 1.88. The van der Waals surface area contributed by atoms with Gasteiger partial charge in [-0.05, 0) is 40.7 Å². The summed E-state index contributed by atoms with van der Waals surface area (Å²) >= 11 is 0. The van der Waals surface area contributed by atoms with Crippen molar-refractivity contribution in [3.05, 3.63) is 11.7 Å². The highest BCUT2D eigenvalue weighted by atomic mass is 16.5. The van der Waals surface area contributed by atoms with E-state index in [1.807, 2.05) is 27.8 Å². The first-order chi connectivity index (χ1) is 8.45. The molecule has 0 atom stereocenters. The van der Waals surface area contributed by atoms with Crippen LogP contribution in [0.25, 0.3) is 0 Å². The zero-order valence-corrected chi connectivity index (χ0v) is 12.3. The van der Waals surface area contributed by atoms with E-state index in [-0.39, 0.29) is 5.54 Å². The van der Waals surface area contributed by atoms with Crippen molar-refractivity contribution in [2.24, 2.45) is 0 Å². The van der Waals surface area contributed by atoms with Crippen LogP contribution in [-0.2, 0) is 15.9 Å². The van der Waals surface area contributed by atoms with E-state index in [0.717, 1.165) is 12.8 Å². The summed E-state index contributed by atoms with van der Waals surface area (Å²) in [6.45, 7) is 10.8. The third-order valence-electron chi connectivity index (χ3n) is 3.56. The zero-order chi connectivity index (χ0) is 13.8. The van der Waals surface area contributed by atoms with Crippen molar-refractivity contribution < 1.29 is 9.26 Å². The van der Waals surface area contributed by atoms with Crippen molar-refractivity contribution in [3.8, 4) is 0 Å². The highest BCUT2D eigenvalue weighted by Gasteiger charge is 2.36. The second kappa shape index (κ2) is 5.80. The van der Waals surface area contributed by atoms with Crippen LogP contribution in [0, 0.1) is 0 Å². The molecule has 0 unspecified atom stereocenters. The van der Waals surface area contributed by atoms with Gasteiger partial charge in [-0.1, -0.05) is 19.0 Å². The zero-order valence-electron chi connectivity index (χ0n) is 12.3. The molecule has 0 bridgehead atoms. The summed E-state index contributed by atoms with van der Waals surface area (Å²) in [4.78, 5) is 4.52. The van der Waals surface area contributed by atoms with Gasteiger partial charge in [-0.3, -0.25) is 0 Å². The average Bonchev–Trinajstić information content (AvgIpc) is 2.87. The lowest BCUT2D eigenvalue weighted by atomic mass is 9.96. The molecule has 0 saturated heterocycles. The highest BCUT2D eigenvalue weighted by Crippen LogP contribution is 2.32. The Morgan fingerprint density at radius 2 is 1.83 bits per heavy atom. The van der Waals surface area contributed by atoms with Crippen molar-refractivity contribution in [1.82, 2.24) is 15.5 Å². The van der Waals surface area contributed by atoms with Gasteiger partial charge in [0.1, 0.15) is 5.60 Å². The Labute approximate surface area is 109 Å². The summed E-state index contributed by atoms with van der Waals surface area (Å²) in [5, 5.41) is 7.27.